The van der Waals surface area contributed by atoms with Crippen molar-refractivity contribution in [2.45, 2.75) is 13.0 Å². The molecule has 0 aromatic heterocycles. The fourth-order valence-electron chi connectivity index (χ4n) is 1.94. The summed E-state index contributed by atoms with van der Waals surface area (Å²) in [5, 5.41) is 10.3. The molecule has 0 radical (unpaired) electrons. The van der Waals surface area contributed by atoms with E-state index in [9.17, 15) is 9.50 Å². The van der Waals surface area contributed by atoms with Crippen molar-refractivity contribution in [2.24, 2.45) is 0 Å². The van der Waals surface area contributed by atoms with Crippen molar-refractivity contribution < 1.29 is 14.2 Å². The molecule has 0 aliphatic rings. The molecule has 94 valence electrons. The van der Waals surface area contributed by atoms with Crippen LogP contribution in [0.15, 0.2) is 42.5 Å². The minimum atomic E-state index is -1.03. The topological polar surface area (TPSA) is 29.5 Å². The van der Waals surface area contributed by atoms with Crippen molar-refractivity contribution in [1.29, 1.82) is 0 Å². The molecule has 2 rings (SSSR count). The van der Waals surface area contributed by atoms with Gasteiger partial charge in [-0.05, 0) is 18.6 Å². The smallest absolute Gasteiger partial charge is 0.132 e. The van der Waals surface area contributed by atoms with Crippen LogP contribution in [0.5, 0.6) is 5.75 Å². The molecule has 0 spiro atoms. The molecule has 3 heteroatoms. The maximum atomic E-state index is 14.0. The molecule has 0 saturated heterocycles. The van der Waals surface area contributed by atoms with Crippen LogP contribution in [-0.2, 0) is 0 Å². The molecule has 2 nitrogen and oxygen atoms in total. The zero-order valence-electron chi connectivity index (χ0n) is 10.4. The van der Waals surface area contributed by atoms with Crippen molar-refractivity contribution in [2.75, 3.05) is 7.11 Å². The number of hydrogen-bond acceptors (Lipinski definition) is 2. The number of hydrogen-bond donors (Lipinski definition) is 1. The monoisotopic (exact) mass is 246 g/mol. The van der Waals surface area contributed by atoms with E-state index in [4.69, 9.17) is 4.74 Å². The fraction of sp³-hybridized carbons (Fsp3) is 0.200. The van der Waals surface area contributed by atoms with Crippen LogP contribution in [0.25, 0.3) is 0 Å². The minimum Gasteiger partial charge on any atom is -0.496 e. The Balaban J connectivity index is 2.48. The van der Waals surface area contributed by atoms with E-state index in [0.717, 1.165) is 0 Å². The van der Waals surface area contributed by atoms with Gasteiger partial charge in [0.15, 0.2) is 0 Å². The third-order valence-corrected chi connectivity index (χ3v) is 2.95. The Morgan fingerprint density at radius 1 is 1.06 bits per heavy atom. The second-order valence-electron chi connectivity index (χ2n) is 4.12. The molecular formula is C15H15FO2. The van der Waals surface area contributed by atoms with Gasteiger partial charge in [0.25, 0.3) is 0 Å². The minimum absolute atomic E-state index is 0.263. The van der Waals surface area contributed by atoms with Crippen LogP contribution < -0.4 is 4.74 Å². The van der Waals surface area contributed by atoms with Gasteiger partial charge in [-0.25, -0.2) is 4.39 Å². The van der Waals surface area contributed by atoms with E-state index in [1.165, 1.54) is 7.11 Å². The van der Waals surface area contributed by atoms with Gasteiger partial charge < -0.3 is 9.84 Å². The van der Waals surface area contributed by atoms with E-state index in [1.807, 2.05) is 6.07 Å². The second-order valence-corrected chi connectivity index (χ2v) is 4.12. The summed E-state index contributed by atoms with van der Waals surface area (Å²) in [6.45, 7) is 1.67. The van der Waals surface area contributed by atoms with Gasteiger partial charge in [-0.15, -0.1) is 0 Å². The van der Waals surface area contributed by atoms with Crippen LogP contribution in [0.1, 0.15) is 22.8 Å². The molecule has 0 amide bonds. The number of aliphatic hydroxyl groups is 1. The van der Waals surface area contributed by atoms with Gasteiger partial charge in [-0.3, -0.25) is 0 Å². The van der Waals surface area contributed by atoms with Crippen LogP contribution >= 0.6 is 0 Å². The van der Waals surface area contributed by atoms with Crippen LogP contribution in [0, 0.1) is 12.7 Å². The average Bonchev–Trinajstić information content (AvgIpc) is 2.41. The van der Waals surface area contributed by atoms with E-state index < -0.39 is 6.10 Å². The van der Waals surface area contributed by atoms with Gasteiger partial charge in [0.05, 0.1) is 7.11 Å². The summed E-state index contributed by atoms with van der Waals surface area (Å²) in [5.74, 6) is 0.168. The Hall–Kier alpha value is -1.87. The normalized spacial score (nSPS) is 12.2. The van der Waals surface area contributed by atoms with Crippen LogP contribution in [0.4, 0.5) is 4.39 Å². The quantitative estimate of drug-likeness (QED) is 0.901. The lowest BCUT2D eigenvalue weighted by molar-refractivity contribution is 0.209. The van der Waals surface area contributed by atoms with Crippen molar-refractivity contribution in [1.82, 2.24) is 0 Å². The van der Waals surface area contributed by atoms with E-state index in [-0.39, 0.29) is 11.4 Å². The number of benzene rings is 2. The average molecular weight is 246 g/mol. The highest BCUT2D eigenvalue weighted by molar-refractivity contribution is 5.41. The van der Waals surface area contributed by atoms with Crippen LogP contribution in [-0.4, -0.2) is 12.2 Å². The summed E-state index contributed by atoms with van der Waals surface area (Å²) in [7, 11) is 1.53. The first-order valence-corrected chi connectivity index (χ1v) is 5.71. The molecule has 0 fully saturated rings. The molecule has 1 unspecified atom stereocenters. The number of ether oxygens (including phenoxy) is 1. The summed E-state index contributed by atoms with van der Waals surface area (Å²) in [6, 6.07) is 12.0. The number of halogens is 1. The molecule has 2 aromatic carbocycles. The number of methoxy groups -OCH3 is 1. The second kappa shape index (κ2) is 5.19. The number of aryl methyl sites for hydroxylation is 1. The first-order valence-electron chi connectivity index (χ1n) is 5.71. The van der Waals surface area contributed by atoms with E-state index in [0.29, 0.717) is 16.9 Å². The zero-order chi connectivity index (χ0) is 13.1. The molecule has 0 bridgehead atoms. The first kappa shape index (κ1) is 12.6. The Bertz CT molecular complexity index is 552. The van der Waals surface area contributed by atoms with Gasteiger partial charge in [-0.2, -0.15) is 0 Å². The zero-order valence-corrected chi connectivity index (χ0v) is 10.4. The van der Waals surface area contributed by atoms with Gasteiger partial charge in [-0.1, -0.05) is 36.4 Å². The first-order chi connectivity index (χ1) is 8.65. The standard InChI is InChI=1S/C15H15FO2/c1-10-6-5-8-12(14(10)16)15(17)11-7-3-4-9-13(11)18-2/h3-9,15,17H,1-2H3. The van der Waals surface area contributed by atoms with Gasteiger partial charge in [0.2, 0.25) is 0 Å². The van der Waals surface area contributed by atoms with Crippen molar-refractivity contribution in [3.05, 3.63) is 65.0 Å². The highest BCUT2D eigenvalue weighted by Crippen LogP contribution is 2.31. The number of rotatable bonds is 3. The van der Waals surface area contributed by atoms with E-state index in [2.05, 4.69) is 0 Å². The molecule has 18 heavy (non-hydrogen) atoms. The van der Waals surface area contributed by atoms with Crippen molar-refractivity contribution in [3.8, 4) is 5.75 Å². The summed E-state index contributed by atoms with van der Waals surface area (Å²) in [5.41, 5.74) is 1.34. The fourth-order valence-corrected chi connectivity index (χ4v) is 1.94. The Kier molecular flexibility index (Phi) is 3.63. The Morgan fingerprint density at radius 2 is 1.72 bits per heavy atom. The summed E-state index contributed by atoms with van der Waals surface area (Å²) < 4.78 is 19.1. The lowest BCUT2D eigenvalue weighted by Crippen LogP contribution is -2.05. The highest BCUT2D eigenvalue weighted by atomic mass is 19.1. The van der Waals surface area contributed by atoms with E-state index in [1.54, 1.807) is 43.3 Å². The molecule has 0 aliphatic heterocycles. The molecule has 0 aliphatic carbocycles. The molecular weight excluding hydrogens is 231 g/mol. The Labute approximate surface area is 106 Å². The molecule has 2 aromatic rings. The largest absolute Gasteiger partial charge is 0.496 e. The van der Waals surface area contributed by atoms with Gasteiger partial charge in [0, 0.05) is 11.1 Å². The summed E-state index contributed by atoms with van der Waals surface area (Å²) in [6.07, 6.45) is -1.03. The van der Waals surface area contributed by atoms with Crippen LogP contribution in [0.2, 0.25) is 0 Å². The summed E-state index contributed by atoms with van der Waals surface area (Å²) in [4.78, 5) is 0. The predicted octanol–water partition coefficient (Wildman–Crippen LogP) is 3.22. The molecule has 0 heterocycles. The third kappa shape index (κ3) is 2.22. The number of para-hydroxylation sites is 1. The van der Waals surface area contributed by atoms with Crippen LogP contribution in [0.3, 0.4) is 0 Å². The highest BCUT2D eigenvalue weighted by Gasteiger charge is 2.19. The molecule has 1 atom stereocenters. The maximum absolute atomic E-state index is 14.0. The van der Waals surface area contributed by atoms with E-state index >= 15 is 0 Å². The lowest BCUT2D eigenvalue weighted by Gasteiger charge is -2.16. The van der Waals surface area contributed by atoms with Gasteiger partial charge in [0.1, 0.15) is 17.7 Å². The van der Waals surface area contributed by atoms with Crippen molar-refractivity contribution >= 4 is 0 Å². The summed E-state index contributed by atoms with van der Waals surface area (Å²) >= 11 is 0. The van der Waals surface area contributed by atoms with Gasteiger partial charge >= 0.3 is 0 Å². The Morgan fingerprint density at radius 3 is 2.44 bits per heavy atom. The predicted molar refractivity (Wildman–Crippen MR) is 68.2 cm³/mol. The third-order valence-electron chi connectivity index (χ3n) is 2.95. The lowest BCUT2D eigenvalue weighted by atomic mass is 9.98. The molecule has 0 saturated carbocycles. The molecule has 1 N–H and O–H groups in total. The van der Waals surface area contributed by atoms with Crippen molar-refractivity contribution in [3.63, 3.8) is 0 Å². The maximum Gasteiger partial charge on any atom is 0.132 e. The SMILES string of the molecule is COc1ccccc1C(O)c1cccc(C)c1F. The number of aliphatic hydroxyl groups excluding tert-OH is 1.